The monoisotopic (exact) mass is 243 g/mol. The molecular weight excluding hydrogens is 227 g/mol. The van der Waals surface area contributed by atoms with Crippen molar-refractivity contribution < 1.29 is 13.2 Å². The zero-order chi connectivity index (χ0) is 12.3. The molecule has 0 aliphatic carbocycles. The lowest BCUT2D eigenvalue weighted by Gasteiger charge is -2.24. The molecule has 0 spiro atoms. The maximum absolute atomic E-state index is 12.3. The van der Waals surface area contributed by atoms with E-state index >= 15 is 0 Å². The first kappa shape index (κ1) is 12.4. The Morgan fingerprint density at radius 3 is 2.71 bits per heavy atom. The molecule has 1 N–H and O–H groups in total. The number of hydrogen-bond donors (Lipinski definition) is 1. The van der Waals surface area contributed by atoms with Gasteiger partial charge < -0.3 is 5.32 Å². The minimum absolute atomic E-state index is 0.219. The quantitative estimate of drug-likeness (QED) is 0.836. The van der Waals surface area contributed by atoms with E-state index in [9.17, 15) is 13.2 Å². The summed E-state index contributed by atoms with van der Waals surface area (Å²) in [4.78, 5) is 0. The van der Waals surface area contributed by atoms with Gasteiger partial charge in [0.25, 0.3) is 0 Å². The third-order valence-electron chi connectivity index (χ3n) is 3.07. The third-order valence-corrected chi connectivity index (χ3v) is 3.07. The Hall–Kier alpha value is -1.03. The Labute approximate surface area is 99.0 Å². The summed E-state index contributed by atoms with van der Waals surface area (Å²) in [6.07, 6.45) is -1.67. The van der Waals surface area contributed by atoms with Gasteiger partial charge >= 0.3 is 6.18 Å². The predicted molar refractivity (Wildman–Crippen MR) is 60.8 cm³/mol. The summed E-state index contributed by atoms with van der Waals surface area (Å²) in [7, 11) is 0. The summed E-state index contributed by atoms with van der Waals surface area (Å²) in [5, 5.41) is 3.34. The van der Waals surface area contributed by atoms with Crippen molar-refractivity contribution in [2.45, 2.75) is 37.9 Å². The van der Waals surface area contributed by atoms with Crippen molar-refractivity contribution in [2.75, 3.05) is 6.54 Å². The maximum atomic E-state index is 12.3. The molecule has 1 fully saturated rings. The highest BCUT2D eigenvalue weighted by atomic mass is 19.4. The number of hydrogen-bond acceptors (Lipinski definition) is 1. The van der Waals surface area contributed by atoms with Gasteiger partial charge in [0.1, 0.15) is 0 Å². The van der Waals surface area contributed by atoms with Crippen molar-refractivity contribution in [2.24, 2.45) is 0 Å². The molecule has 1 aromatic carbocycles. The number of nitrogens with one attached hydrogen (secondary N) is 1. The number of halogens is 3. The number of rotatable bonds is 2. The largest absolute Gasteiger partial charge is 0.393 e. The summed E-state index contributed by atoms with van der Waals surface area (Å²) in [6, 6.07) is 7.06. The van der Waals surface area contributed by atoms with Gasteiger partial charge in [-0.25, -0.2) is 0 Å². The van der Waals surface area contributed by atoms with Crippen LogP contribution in [0.3, 0.4) is 0 Å². The van der Waals surface area contributed by atoms with Crippen LogP contribution in [0.5, 0.6) is 0 Å². The van der Waals surface area contributed by atoms with E-state index in [0.717, 1.165) is 31.4 Å². The lowest BCUT2D eigenvalue weighted by Crippen LogP contribution is -2.26. The van der Waals surface area contributed by atoms with E-state index in [-0.39, 0.29) is 6.04 Å². The van der Waals surface area contributed by atoms with Crippen molar-refractivity contribution in [1.82, 2.24) is 5.32 Å². The molecule has 0 amide bonds. The van der Waals surface area contributed by atoms with Gasteiger partial charge in [0.15, 0.2) is 0 Å². The minimum Gasteiger partial charge on any atom is -0.310 e. The summed E-state index contributed by atoms with van der Waals surface area (Å²) in [5.41, 5.74) is 1.33. The summed E-state index contributed by atoms with van der Waals surface area (Å²) in [6.45, 7) is 0.953. The zero-order valence-corrected chi connectivity index (χ0v) is 9.56. The normalized spacial score (nSPS) is 21.5. The minimum atomic E-state index is -4.13. The van der Waals surface area contributed by atoms with E-state index in [0.29, 0.717) is 5.56 Å². The Morgan fingerprint density at radius 1 is 1.24 bits per heavy atom. The Bertz CT molecular complexity index is 367. The molecule has 17 heavy (non-hydrogen) atoms. The van der Waals surface area contributed by atoms with Crippen LogP contribution < -0.4 is 5.32 Å². The molecule has 4 heteroatoms. The fourth-order valence-electron chi connectivity index (χ4n) is 2.29. The fourth-order valence-corrected chi connectivity index (χ4v) is 2.29. The van der Waals surface area contributed by atoms with E-state index in [1.165, 1.54) is 0 Å². The number of alkyl halides is 3. The van der Waals surface area contributed by atoms with Crippen LogP contribution in [-0.4, -0.2) is 12.7 Å². The van der Waals surface area contributed by atoms with Crippen LogP contribution in [0.1, 0.15) is 36.4 Å². The van der Waals surface area contributed by atoms with Crippen molar-refractivity contribution >= 4 is 0 Å². The van der Waals surface area contributed by atoms with E-state index in [1.807, 2.05) is 6.07 Å². The topological polar surface area (TPSA) is 12.0 Å². The Kier molecular flexibility index (Phi) is 3.72. The number of benzene rings is 1. The van der Waals surface area contributed by atoms with E-state index in [4.69, 9.17) is 0 Å². The van der Waals surface area contributed by atoms with E-state index in [2.05, 4.69) is 5.32 Å². The molecule has 94 valence electrons. The van der Waals surface area contributed by atoms with Crippen LogP contribution in [0.15, 0.2) is 24.3 Å². The lowest BCUT2D eigenvalue weighted by atomic mass is 9.95. The SMILES string of the molecule is FC(F)(F)Cc1cccc(C2CCCCN2)c1. The average molecular weight is 243 g/mol. The predicted octanol–water partition coefficient (Wildman–Crippen LogP) is 3.61. The zero-order valence-electron chi connectivity index (χ0n) is 9.56. The van der Waals surface area contributed by atoms with Gasteiger partial charge in [-0.05, 0) is 30.5 Å². The van der Waals surface area contributed by atoms with Crippen molar-refractivity contribution in [3.8, 4) is 0 Å². The van der Waals surface area contributed by atoms with Gasteiger partial charge in [0.2, 0.25) is 0 Å². The van der Waals surface area contributed by atoms with Gasteiger partial charge in [0.05, 0.1) is 6.42 Å². The average Bonchev–Trinajstić information content (AvgIpc) is 2.28. The van der Waals surface area contributed by atoms with Gasteiger partial charge in [-0.15, -0.1) is 0 Å². The molecule has 1 nitrogen and oxygen atoms in total. The molecule has 2 rings (SSSR count). The summed E-state index contributed by atoms with van der Waals surface area (Å²) < 4.78 is 36.9. The molecule has 0 radical (unpaired) electrons. The van der Waals surface area contributed by atoms with E-state index in [1.54, 1.807) is 18.2 Å². The first-order valence-electron chi connectivity index (χ1n) is 5.93. The van der Waals surface area contributed by atoms with Crippen molar-refractivity contribution in [3.05, 3.63) is 35.4 Å². The molecular formula is C13H16F3N. The molecule has 1 aliphatic heterocycles. The molecule has 0 saturated carbocycles. The standard InChI is InChI=1S/C13H16F3N/c14-13(15,16)9-10-4-3-5-11(8-10)12-6-1-2-7-17-12/h3-5,8,12,17H,1-2,6-7,9H2. The van der Waals surface area contributed by atoms with Crippen LogP contribution in [0.25, 0.3) is 0 Å². The summed E-state index contributed by atoms with van der Waals surface area (Å²) in [5.74, 6) is 0. The molecule has 0 bridgehead atoms. The molecule has 1 aromatic rings. The van der Waals surface area contributed by atoms with Crippen molar-refractivity contribution in [1.29, 1.82) is 0 Å². The second-order valence-electron chi connectivity index (χ2n) is 4.54. The molecule has 1 aliphatic rings. The highest BCUT2D eigenvalue weighted by Crippen LogP contribution is 2.26. The van der Waals surface area contributed by atoms with Crippen LogP contribution in [-0.2, 0) is 6.42 Å². The van der Waals surface area contributed by atoms with Gasteiger partial charge in [-0.2, -0.15) is 13.2 Å². The molecule has 1 saturated heterocycles. The summed E-state index contributed by atoms with van der Waals surface area (Å²) >= 11 is 0. The smallest absolute Gasteiger partial charge is 0.310 e. The maximum Gasteiger partial charge on any atom is 0.393 e. The van der Waals surface area contributed by atoms with Crippen LogP contribution >= 0.6 is 0 Å². The highest BCUT2D eigenvalue weighted by molar-refractivity contribution is 5.27. The Morgan fingerprint density at radius 2 is 2.06 bits per heavy atom. The third kappa shape index (κ3) is 3.73. The lowest BCUT2D eigenvalue weighted by molar-refractivity contribution is -0.127. The van der Waals surface area contributed by atoms with Crippen LogP contribution in [0, 0.1) is 0 Å². The van der Waals surface area contributed by atoms with Crippen LogP contribution in [0.4, 0.5) is 13.2 Å². The van der Waals surface area contributed by atoms with Gasteiger partial charge in [0, 0.05) is 6.04 Å². The van der Waals surface area contributed by atoms with Gasteiger partial charge in [-0.3, -0.25) is 0 Å². The molecule has 1 heterocycles. The second kappa shape index (κ2) is 5.08. The van der Waals surface area contributed by atoms with Crippen LogP contribution in [0.2, 0.25) is 0 Å². The second-order valence-corrected chi connectivity index (χ2v) is 4.54. The number of piperidine rings is 1. The Balaban J connectivity index is 2.10. The molecule has 1 unspecified atom stereocenters. The van der Waals surface area contributed by atoms with Crippen molar-refractivity contribution in [3.63, 3.8) is 0 Å². The fraction of sp³-hybridized carbons (Fsp3) is 0.538. The van der Waals surface area contributed by atoms with E-state index < -0.39 is 12.6 Å². The molecule has 1 atom stereocenters. The first-order chi connectivity index (χ1) is 8.04. The first-order valence-corrected chi connectivity index (χ1v) is 5.93. The highest BCUT2D eigenvalue weighted by Gasteiger charge is 2.27. The molecule has 0 aromatic heterocycles. The van der Waals surface area contributed by atoms with Gasteiger partial charge in [-0.1, -0.05) is 30.7 Å².